The van der Waals surface area contributed by atoms with E-state index in [2.05, 4.69) is 28.9 Å². The van der Waals surface area contributed by atoms with Crippen molar-refractivity contribution in [2.24, 2.45) is 0 Å². The maximum absolute atomic E-state index is 13.8. The molecule has 1 aliphatic heterocycles. The Balaban J connectivity index is 1.23. The highest BCUT2D eigenvalue weighted by atomic mass is 32.2. The van der Waals surface area contributed by atoms with Gasteiger partial charge in [0.15, 0.2) is 0 Å². The number of carbonyl (C=O) groups excluding carboxylic acids is 2. The molecule has 3 amide bonds. The van der Waals surface area contributed by atoms with Crippen LogP contribution in [0.3, 0.4) is 0 Å². The number of anilines is 3. The first-order chi connectivity index (χ1) is 20.0. The number of carbonyl (C=O) groups is 2. The average Bonchev–Trinajstić information content (AvgIpc) is 2.99. The molecule has 1 aliphatic carbocycles. The molecule has 2 aliphatic rings. The van der Waals surface area contributed by atoms with E-state index in [-0.39, 0.29) is 23.2 Å². The zero-order valence-corrected chi connectivity index (χ0v) is 24.1. The van der Waals surface area contributed by atoms with Gasteiger partial charge in [-0.3, -0.25) is 9.69 Å². The summed E-state index contributed by atoms with van der Waals surface area (Å²) in [5.74, 6) is -0.105. The SMILES string of the molecule is Cc1cccc(NC(=O)C(Sc2cccc(NC(=O)N3c4ccccc4SC4C=CC=CC43)c2)c2ccccc2)c1. The van der Waals surface area contributed by atoms with Gasteiger partial charge in [-0.25, -0.2) is 4.79 Å². The van der Waals surface area contributed by atoms with Crippen LogP contribution in [0.2, 0.25) is 0 Å². The van der Waals surface area contributed by atoms with Crippen molar-refractivity contribution < 1.29 is 9.59 Å². The number of fused-ring (bicyclic) bond motifs is 2. The number of nitrogens with one attached hydrogen (secondary N) is 2. The van der Waals surface area contributed by atoms with Gasteiger partial charge in [-0.05, 0) is 60.5 Å². The molecule has 41 heavy (non-hydrogen) atoms. The van der Waals surface area contributed by atoms with E-state index in [1.165, 1.54) is 11.8 Å². The Morgan fingerprint density at radius 1 is 0.805 bits per heavy atom. The normalized spacial score (nSPS) is 17.7. The standard InChI is InChI=1S/C34H29N3O2S2/c1-23-11-9-14-25(21-23)35-33(38)32(24-12-3-2-4-13-24)40-27-16-10-15-26(22-27)36-34(39)37-28-17-5-7-19-30(28)41-31-20-8-6-18-29(31)37/h2-22,28,30,32H,1H3,(H,35,38)(H,36,39). The maximum Gasteiger partial charge on any atom is 0.326 e. The summed E-state index contributed by atoms with van der Waals surface area (Å²) in [5.41, 5.74) is 4.33. The third kappa shape index (κ3) is 6.11. The fraction of sp³-hybridized carbons (Fsp3) is 0.118. The molecule has 3 unspecified atom stereocenters. The summed E-state index contributed by atoms with van der Waals surface area (Å²) >= 11 is 3.23. The summed E-state index contributed by atoms with van der Waals surface area (Å²) in [6.07, 6.45) is 8.26. The van der Waals surface area contributed by atoms with Gasteiger partial charge in [0.1, 0.15) is 5.25 Å². The van der Waals surface area contributed by atoms with Gasteiger partial charge in [0.25, 0.3) is 0 Å². The predicted octanol–water partition coefficient (Wildman–Crippen LogP) is 8.47. The molecular weight excluding hydrogens is 547 g/mol. The lowest BCUT2D eigenvalue weighted by Gasteiger charge is -2.40. The smallest absolute Gasteiger partial charge is 0.325 e. The molecule has 204 valence electrons. The highest BCUT2D eigenvalue weighted by Gasteiger charge is 2.36. The van der Waals surface area contributed by atoms with E-state index in [4.69, 9.17) is 0 Å². The number of rotatable bonds is 6. The molecule has 6 rings (SSSR count). The molecule has 3 atom stereocenters. The minimum absolute atomic E-state index is 0.0785. The Kier molecular flexibility index (Phi) is 7.98. The zero-order chi connectivity index (χ0) is 28.2. The molecule has 4 aromatic rings. The van der Waals surface area contributed by atoms with E-state index in [1.807, 2.05) is 121 Å². The average molecular weight is 576 g/mol. The summed E-state index contributed by atoms with van der Waals surface area (Å²) in [4.78, 5) is 31.1. The van der Waals surface area contributed by atoms with Crippen LogP contribution in [0.15, 0.2) is 137 Å². The summed E-state index contributed by atoms with van der Waals surface area (Å²) in [7, 11) is 0. The number of benzene rings is 4. The third-order valence-electron chi connectivity index (χ3n) is 6.93. The first-order valence-electron chi connectivity index (χ1n) is 13.5. The number of nitrogens with zero attached hydrogens (tertiary/aromatic N) is 1. The van der Waals surface area contributed by atoms with Crippen molar-refractivity contribution in [3.05, 3.63) is 139 Å². The summed E-state index contributed by atoms with van der Waals surface area (Å²) in [5, 5.41) is 5.87. The number of urea groups is 1. The molecule has 5 nitrogen and oxygen atoms in total. The Bertz CT molecular complexity index is 1640. The first-order valence-corrected chi connectivity index (χ1v) is 15.2. The Hall–Kier alpha value is -4.20. The van der Waals surface area contributed by atoms with Crippen molar-refractivity contribution >= 4 is 52.5 Å². The Morgan fingerprint density at radius 3 is 2.37 bits per heavy atom. The summed E-state index contributed by atoms with van der Waals surface area (Å²) in [6, 6.07) is 33.0. The minimum Gasteiger partial charge on any atom is -0.325 e. The maximum atomic E-state index is 13.8. The van der Waals surface area contributed by atoms with E-state index >= 15 is 0 Å². The van der Waals surface area contributed by atoms with E-state index in [0.717, 1.165) is 32.3 Å². The molecule has 4 aromatic carbocycles. The van der Waals surface area contributed by atoms with Crippen LogP contribution >= 0.6 is 23.5 Å². The molecule has 0 aromatic heterocycles. The summed E-state index contributed by atoms with van der Waals surface area (Å²) < 4.78 is 0. The second-order valence-corrected chi connectivity index (χ2v) is 12.3. The number of aryl methyl sites for hydroxylation is 1. The Morgan fingerprint density at radius 2 is 1.54 bits per heavy atom. The molecule has 0 radical (unpaired) electrons. The lowest BCUT2D eigenvalue weighted by atomic mass is 10.1. The van der Waals surface area contributed by atoms with Crippen LogP contribution in [-0.2, 0) is 4.79 Å². The second kappa shape index (κ2) is 12.1. The lowest BCUT2D eigenvalue weighted by molar-refractivity contribution is -0.115. The molecule has 7 heteroatoms. The van der Waals surface area contributed by atoms with Crippen molar-refractivity contribution in [1.82, 2.24) is 0 Å². The molecule has 0 saturated carbocycles. The molecule has 0 bridgehead atoms. The Labute approximate surface area is 248 Å². The topological polar surface area (TPSA) is 61.4 Å². The minimum atomic E-state index is -0.478. The van der Waals surface area contributed by atoms with Crippen LogP contribution in [0.25, 0.3) is 0 Å². The highest BCUT2D eigenvalue weighted by molar-refractivity contribution is 8.00. The van der Waals surface area contributed by atoms with E-state index in [1.54, 1.807) is 11.8 Å². The van der Waals surface area contributed by atoms with Gasteiger partial charge in [-0.1, -0.05) is 85.0 Å². The van der Waals surface area contributed by atoms with Crippen molar-refractivity contribution in [3.8, 4) is 0 Å². The van der Waals surface area contributed by atoms with Crippen LogP contribution in [-0.4, -0.2) is 23.2 Å². The molecule has 0 fully saturated rings. The van der Waals surface area contributed by atoms with Gasteiger partial charge in [0.2, 0.25) is 5.91 Å². The van der Waals surface area contributed by atoms with E-state index in [9.17, 15) is 9.59 Å². The van der Waals surface area contributed by atoms with Gasteiger partial charge in [-0.15, -0.1) is 23.5 Å². The van der Waals surface area contributed by atoms with Crippen molar-refractivity contribution in [1.29, 1.82) is 0 Å². The van der Waals surface area contributed by atoms with Gasteiger partial charge < -0.3 is 10.6 Å². The fourth-order valence-corrected chi connectivity index (χ4v) is 7.37. The number of para-hydroxylation sites is 1. The number of hydrogen-bond donors (Lipinski definition) is 2. The van der Waals surface area contributed by atoms with Gasteiger partial charge in [-0.2, -0.15) is 0 Å². The molecule has 0 spiro atoms. The number of hydrogen-bond acceptors (Lipinski definition) is 4. The zero-order valence-electron chi connectivity index (χ0n) is 22.4. The number of thioether (sulfide) groups is 2. The van der Waals surface area contributed by atoms with Crippen molar-refractivity contribution in [2.75, 3.05) is 15.5 Å². The number of allylic oxidation sites excluding steroid dienone is 2. The highest BCUT2D eigenvalue weighted by Crippen LogP contribution is 2.44. The van der Waals surface area contributed by atoms with Crippen LogP contribution in [0.5, 0.6) is 0 Å². The third-order valence-corrected chi connectivity index (χ3v) is 9.48. The number of amides is 3. The second-order valence-electron chi connectivity index (χ2n) is 9.91. The predicted molar refractivity (Wildman–Crippen MR) is 171 cm³/mol. The monoisotopic (exact) mass is 575 g/mol. The van der Waals surface area contributed by atoms with Crippen LogP contribution in [0, 0.1) is 6.92 Å². The first kappa shape index (κ1) is 27.0. The van der Waals surface area contributed by atoms with Crippen LogP contribution in [0.4, 0.5) is 21.9 Å². The van der Waals surface area contributed by atoms with Gasteiger partial charge in [0, 0.05) is 21.2 Å². The molecule has 2 N–H and O–H groups in total. The van der Waals surface area contributed by atoms with Crippen LogP contribution in [0.1, 0.15) is 16.4 Å². The van der Waals surface area contributed by atoms with Gasteiger partial charge in [0.05, 0.1) is 17.0 Å². The molecular formula is C34H29N3O2S2. The van der Waals surface area contributed by atoms with Crippen molar-refractivity contribution in [3.63, 3.8) is 0 Å². The molecule has 1 heterocycles. The van der Waals surface area contributed by atoms with Crippen LogP contribution < -0.4 is 15.5 Å². The van der Waals surface area contributed by atoms with E-state index in [0.29, 0.717) is 5.69 Å². The quantitative estimate of drug-likeness (QED) is 0.226. The fourth-order valence-electron chi connectivity index (χ4n) is 5.02. The van der Waals surface area contributed by atoms with E-state index < -0.39 is 5.25 Å². The molecule has 0 saturated heterocycles. The summed E-state index contributed by atoms with van der Waals surface area (Å²) in [6.45, 7) is 2.00. The largest absolute Gasteiger partial charge is 0.326 e. The van der Waals surface area contributed by atoms with Crippen molar-refractivity contribution in [2.45, 2.75) is 33.3 Å². The lowest BCUT2D eigenvalue weighted by Crippen LogP contribution is -2.49. The van der Waals surface area contributed by atoms with Gasteiger partial charge >= 0.3 is 6.03 Å².